The van der Waals surface area contributed by atoms with Crippen LogP contribution >= 0.6 is 0 Å². The van der Waals surface area contributed by atoms with Crippen LogP contribution in [0, 0.1) is 0 Å². The monoisotopic (exact) mass is 409 g/mol. The maximum absolute atomic E-state index is 13.2. The summed E-state index contributed by atoms with van der Waals surface area (Å²) in [5.74, 6) is -0.290. The highest BCUT2D eigenvalue weighted by Gasteiger charge is 2.54. The van der Waals surface area contributed by atoms with E-state index in [0.717, 1.165) is 28.0 Å². The Morgan fingerprint density at radius 2 is 1.58 bits per heavy atom. The maximum Gasteiger partial charge on any atom is 0.304 e. The molecule has 1 unspecified atom stereocenters. The number of ether oxygens (including phenoxy) is 1. The smallest absolute Gasteiger partial charge is 0.304 e. The molecule has 3 aromatic rings. The van der Waals surface area contributed by atoms with Crippen molar-refractivity contribution in [2.75, 3.05) is 6.54 Å². The van der Waals surface area contributed by atoms with Crippen molar-refractivity contribution < 1.29 is 14.3 Å². The van der Waals surface area contributed by atoms with Gasteiger partial charge in [-0.05, 0) is 11.1 Å². The Morgan fingerprint density at radius 1 is 0.935 bits per heavy atom. The molecule has 5 rings (SSSR count). The van der Waals surface area contributed by atoms with E-state index in [1.807, 2.05) is 72.8 Å². The van der Waals surface area contributed by atoms with Crippen molar-refractivity contribution in [3.8, 4) is 0 Å². The summed E-state index contributed by atoms with van der Waals surface area (Å²) in [6.45, 7) is 2.64. The van der Waals surface area contributed by atoms with Gasteiger partial charge in [0.05, 0.1) is 5.70 Å². The number of benzene rings is 3. The lowest BCUT2D eigenvalue weighted by Gasteiger charge is -2.41. The van der Waals surface area contributed by atoms with Gasteiger partial charge in [0.1, 0.15) is 0 Å². The number of esters is 1. The summed E-state index contributed by atoms with van der Waals surface area (Å²) in [6.07, 6.45) is 0.435. The molecule has 0 bridgehead atoms. The van der Waals surface area contributed by atoms with Crippen LogP contribution in [-0.2, 0) is 26.5 Å². The van der Waals surface area contributed by atoms with Gasteiger partial charge in [-0.25, -0.2) is 0 Å². The van der Waals surface area contributed by atoms with Crippen molar-refractivity contribution in [3.05, 3.63) is 113 Å². The van der Waals surface area contributed by atoms with Gasteiger partial charge in [-0.1, -0.05) is 84.9 Å². The Bertz CT molecular complexity index is 1180. The van der Waals surface area contributed by atoms with E-state index in [4.69, 9.17) is 4.74 Å². The van der Waals surface area contributed by atoms with Gasteiger partial charge in [-0.15, -0.1) is 0 Å². The zero-order valence-electron chi connectivity index (χ0n) is 17.4. The molecule has 31 heavy (non-hydrogen) atoms. The number of carbonyl (C=O) groups excluding carboxylic acids is 2. The summed E-state index contributed by atoms with van der Waals surface area (Å²) in [6, 6.07) is 27.7. The highest BCUT2D eigenvalue weighted by Crippen LogP contribution is 2.54. The number of Topliss-reactive ketones (excluding diaryl/α,β-unsaturated/α-hetero) is 1. The van der Waals surface area contributed by atoms with E-state index in [2.05, 4.69) is 17.0 Å². The van der Waals surface area contributed by atoms with E-state index >= 15 is 0 Å². The second kappa shape index (κ2) is 7.55. The first-order chi connectivity index (χ1) is 15.1. The molecule has 0 saturated heterocycles. The summed E-state index contributed by atoms with van der Waals surface area (Å²) in [4.78, 5) is 27.9. The summed E-state index contributed by atoms with van der Waals surface area (Å²) in [5.41, 5.74) is 3.97. The van der Waals surface area contributed by atoms with Gasteiger partial charge < -0.3 is 9.64 Å². The third-order valence-electron chi connectivity index (χ3n) is 6.04. The number of carbonyl (C=O) groups is 2. The lowest BCUT2D eigenvalue weighted by Crippen LogP contribution is -2.43. The first-order valence-corrected chi connectivity index (χ1v) is 10.5. The number of allylic oxidation sites excluding steroid dienone is 1. The zero-order chi connectivity index (χ0) is 21.4. The molecule has 1 atom stereocenters. The van der Waals surface area contributed by atoms with Crippen molar-refractivity contribution in [2.24, 2.45) is 0 Å². The van der Waals surface area contributed by atoms with Crippen LogP contribution in [0.4, 0.5) is 0 Å². The Balaban J connectivity index is 1.79. The summed E-state index contributed by atoms with van der Waals surface area (Å²) < 4.78 is 6.21. The van der Waals surface area contributed by atoms with Crippen LogP contribution in [0.5, 0.6) is 0 Å². The van der Waals surface area contributed by atoms with Crippen molar-refractivity contribution in [1.29, 1.82) is 0 Å². The van der Waals surface area contributed by atoms with E-state index in [0.29, 0.717) is 25.1 Å². The van der Waals surface area contributed by atoms with E-state index in [9.17, 15) is 9.59 Å². The Labute approximate surface area is 181 Å². The predicted molar refractivity (Wildman–Crippen MR) is 119 cm³/mol. The van der Waals surface area contributed by atoms with Crippen molar-refractivity contribution in [2.45, 2.75) is 25.5 Å². The molecule has 0 spiro atoms. The number of fused-ring (bicyclic) bond motifs is 2. The molecule has 0 N–H and O–H groups in total. The third-order valence-corrected chi connectivity index (χ3v) is 6.04. The van der Waals surface area contributed by atoms with E-state index < -0.39 is 5.60 Å². The molecule has 0 saturated carbocycles. The zero-order valence-corrected chi connectivity index (χ0v) is 17.4. The SMILES string of the molecule is CC(=O)OC1(c2ccccc2)C2=C(C(=O)CCN2Cc2ccccc2)c2ccccc21. The molecule has 1 heterocycles. The van der Waals surface area contributed by atoms with E-state index in [-0.39, 0.29) is 11.8 Å². The summed E-state index contributed by atoms with van der Waals surface area (Å²) >= 11 is 0. The van der Waals surface area contributed by atoms with Crippen molar-refractivity contribution in [1.82, 2.24) is 4.90 Å². The van der Waals surface area contributed by atoms with Crippen LogP contribution < -0.4 is 0 Å². The highest BCUT2D eigenvalue weighted by atomic mass is 16.6. The fourth-order valence-corrected chi connectivity index (χ4v) is 4.88. The van der Waals surface area contributed by atoms with E-state index in [1.54, 1.807) is 0 Å². The fraction of sp³-hybridized carbons (Fsp3) is 0.185. The molecule has 1 aliphatic heterocycles. The third kappa shape index (κ3) is 3.07. The molecule has 0 fully saturated rings. The van der Waals surface area contributed by atoms with Crippen LogP contribution in [-0.4, -0.2) is 23.2 Å². The summed E-state index contributed by atoms with van der Waals surface area (Å²) in [5, 5.41) is 0. The average Bonchev–Trinajstić information content (AvgIpc) is 3.09. The standard InChI is InChI=1S/C27H23NO3/c1-19(29)31-27(21-12-6-3-7-13-21)23-15-9-8-14-22(23)25-24(30)16-17-28(26(25)27)18-20-10-4-2-5-11-20/h2-15H,16-18H2,1H3. The minimum Gasteiger partial charge on any atom is -0.443 e. The molecule has 1 aliphatic carbocycles. The number of nitrogens with zero attached hydrogens (tertiary/aromatic N) is 1. The lowest BCUT2D eigenvalue weighted by atomic mass is 9.84. The first-order valence-electron chi connectivity index (χ1n) is 10.5. The summed E-state index contributed by atoms with van der Waals surface area (Å²) in [7, 11) is 0. The number of hydrogen-bond acceptors (Lipinski definition) is 4. The van der Waals surface area contributed by atoms with Gasteiger partial charge in [0.25, 0.3) is 0 Å². The van der Waals surface area contributed by atoms with Crippen LogP contribution in [0.15, 0.2) is 90.6 Å². The van der Waals surface area contributed by atoms with Gasteiger partial charge >= 0.3 is 5.97 Å². The quantitative estimate of drug-likeness (QED) is 0.587. The molecule has 0 aromatic heterocycles. The van der Waals surface area contributed by atoms with Crippen LogP contribution in [0.25, 0.3) is 5.57 Å². The minimum atomic E-state index is -1.15. The van der Waals surface area contributed by atoms with E-state index in [1.165, 1.54) is 6.92 Å². The van der Waals surface area contributed by atoms with Crippen molar-refractivity contribution in [3.63, 3.8) is 0 Å². The van der Waals surface area contributed by atoms with Crippen LogP contribution in [0.2, 0.25) is 0 Å². The maximum atomic E-state index is 13.2. The van der Waals surface area contributed by atoms with Gasteiger partial charge in [0, 0.05) is 43.1 Å². The van der Waals surface area contributed by atoms with Gasteiger partial charge in [-0.2, -0.15) is 0 Å². The Morgan fingerprint density at radius 3 is 2.29 bits per heavy atom. The largest absolute Gasteiger partial charge is 0.443 e. The first kappa shape index (κ1) is 19.3. The molecular weight excluding hydrogens is 386 g/mol. The Hall–Kier alpha value is -3.66. The van der Waals surface area contributed by atoms with Crippen LogP contribution in [0.1, 0.15) is 35.6 Å². The second-order valence-electron chi connectivity index (χ2n) is 7.99. The average molecular weight is 409 g/mol. The number of ketones is 1. The molecule has 3 aromatic carbocycles. The van der Waals surface area contributed by atoms with Gasteiger partial charge in [-0.3, -0.25) is 9.59 Å². The fourth-order valence-electron chi connectivity index (χ4n) is 4.88. The molecule has 4 nitrogen and oxygen atoms in total. The molecule has 2 aliphatic rings. The molecular formula is C27H23NO3. The Kier molecular flexibility index (Phi) is 4.70. The highest BCUT2D eigenvalue weighted by molar-refractivity contribution is 6.24. The second-order valence-corrected chi connectivity index (χ2v) is 7.99. The van der Waals surface area contributed by atoms with Gasteiger partial charge in [0.2, 0.25) is 5.60 Å². The van der Waals surface area contributed by atoms with Crippen LogP contribution in [0.3, 0.4) is 0 Å². The predicted octanol–water partition coefficient (Wildman–Crippen LogP) is 4.69. The minimum absolute atomic E-state index is 0.0942. The van der Waals surface area contributed by atoms with Crippen molar-refractivity contribution >= 4 is 17.3 Å². The van der Waals surface area contributed by atoms with Gasteiger partial charge in [0.15, 0.2) is 5.78 Å². The molecule has 0 radical (unpaired) electrons. The number of hydrogen-bond donors (Lipinski definition) is 0. The number of rotatable bonds is 4. The topological polar surface area (TPSA) is 46.6 Å². The normalized spacial score (nSPS) is 19.8. The molecule has 4 heteroatoms. The molecule has 0 amide bonds. The molecule has 154 valence electrons. The lowest BCUT2D eigenvalue weighted by molar-refractivity contribution is -0.152.